The third kappa shape index (κ3) is 3.06. The van der Waals surface area contributed by atoms with E-state index in [2.05, 4.69) is 0 Å². The van der Waals surface area contributed by atoms with Gasteiger partial charge in [-0.25, -0.2) is 0 Å². The fourth-order valence-electron chi connectivity index (χ4n) is 2.25. The lowest BCUT2D eigenvalue weighted by atomic mass is 9.90. The van der Waals surface area contributed by atoms with Crippen LogP contribution in [0.1, 0.15) is 25.3 Å². The summed E-state index contributed by atoms with van der Waals surface area (Å²) in [5.41, 5.74) is -0.0322. The van der Waals surface area contributed by atoms with Crippen molar-refractivity contribution in [3.8, 4) is 5.75 Å². The fraction of sp³-hybridized carbons (Fsp3) is 0.375. The van der Waals surface area contributed by atoms with E-state index < -0.39 is 5.60 Å². The summed E-state index contributed by atoms with van der Waals surface area (Å²) in [6.45, 7) is 1.88. The highest BCUT2D eigenvalue weighted by Gasteiger charge is 2.22. The Morgan fingerprint density at radius 3 is 2.47 bits per heavy atom. The van der Waals surface area contributed by atoms with E-state index in [1.54, 1.807) is 14.0 Å². The smallest absolute Gasteiger partial charge is 0.119 e. The zero-order valence-corrected chi connectivity index (χ0v) is 11.4. The molecule has 2 aromatic rings. The molecule has 0 fully saturated rings. The second-order valence-corrected chi connectivity index (χ2v) is 5.03. The molecule has 0 aliphatic rings. The first-order valence-corrected chi connectivity index (χ1v) is 6.48. The van der Waals surface area contributed by atoms with E-state index in [-0.39, 0.29) is 6.61 Å². The van der Waals surface area contributed by atoms with Crippen LogP contribution in [0.25, 0.3) is 10.8 Å². The van der Waals surface area contributed by atoms with E-state index in [4.69, 9.17) is 9.84 Å². The maximum atomic E-state index is 10.4. The van der Waals surface area contributed by atoms with Gasteiger partial charge in [0.2, 0.25) is 0 Å². The van der Waals surface area contributed by atoms with Crippen LogP contribution in [0.5, 0.6) is 5.75 Å². The summed E-state index contributed by atoms with van der Waals surface area (Å²) >= 11 is 0. The van der Waals surface area contributed by atoms with Crippen molar-refractivity contribution in [2.45, 2.75) is 25.4 Å². The number of benzene rings is 2. The highest BCUT2D eigenvalue weighted by Crippen LogP contribution is 2.30. The Hall–Kier alpha value is -1.58. The largest absolute Gasteiger partial charge is 0.497 e. The lowest BCUT2D eigenvalue weighted by Crippen LogP contribution is -2.21. The molecule has 0 radical (unpaired) electrons. The Bertz CT molecular complexity index is 561. The van der Waals surface area contributed by atoms with E-state index in [0.717, 1.165) is 22.1 Å². The molecule has 1 unspecified atom stereocenters. The van der Waals surface area contributed by atoms with Gasteiger partial charge in [-0.2, -0.15) is 0 Å². The molecule has 0 bridgehead atoms. The van der Waals surface area contributed by atoms with Gasteiger partial charge in [0.1, 0.15) is 5.75 Å². The molecule has 0 spiro atoms. The first-order chi connectivity index (χ1) is 9.06. The van der Waals surface area contributed by atoms with Crippen LogP contribution in [-0.2, 0) is 5.60 Å². The van der Waals surface area contributed by atoms with Crippen LogP contribution < -0.4 is 4.74 Å². The summed E-state index contributed by atoms with van der Waals surface area (Å²) < 4.78 is 5.20. The van der Waals surface area contributed by atoms with Crippen LogP contribution in [0, 0.1) is 0 Å². The zero-order valence-electron chi connectivity index (χ0n) is 11.4. The Morgan fingerprint density at radius 1 is 1.11 bits per heavy atom. The molecule has 2 aromatic carbocycles. The van der Waals surface area contributed by atoms with E-state index in [9.17, 15) is 5.11 Å². The monoisotopic (exact) mass is 260 g/mol. The SMILES string of the molecule is COc1ccc2cc(C(C)(O)CCCO)ccc2c1. The summed E-state index contributed by atoms with van der Waals surface area (Å²) in [4.78, 5) is 0. The number of hydrogen-bond acceptors (Lipinski definition) is 3. The van der Waals surface area contributed by atoms with Gasteiger partial charge in [-0.3, -0.25) is 0 Å². The zero-order chi connectivity index (χ0) is 13.9. The molecule has 3 nitrogen and oxygen atoms in total. The third-order valence-electron chi connectivity index (χ3n) is 3.49. The quantitative estimate of drug-likeness (QED) is 0.869. The summed E-state index contributed by atoms with van der Waals surface area (Å²) in [7, 11) is 1.65. The first kappa shape index (κ1) is 13.8. The van der Waals surface area contributed by atoms with Gasteiger partial charge in [-0.15, -0.1) is 0 Å². The standard InChI is InChI=1S/C16H20O3/c1-16(18,8-3-9-17)14-6-4-13-11-15(19-2)7-5-12(13)10-14/h4-7,10-11,17-18H,3,8-9H2,1-2H3. The molecule has 0 saturated heterocycles. The maximum Gasteiger partial charge on any atom is 0.119 e. The van der Waals surface area contributed by atoms with Crippen LogP contribution >= 0.6 is 0 Å². The summed E-state index contributed by atoms with van der Waals surface area (Å²) in [6, 6.07) is 11.8. The molecule has 2 rings (SSSR count). The fourth-order valence-corrected chi connectivity index (χ4v) is 2.25. The molecule has 2 N–H and O–H groups in total. The van der Waals surface area contributed by atoms with Crippen LogP contribution in [0.3, 0.4) is 0 Å². The number of aliphatic hydroxyl groups is 2. The predicted molar refractivity (Wildman–Crippen MR) is 76.4 cm³/mol. The minimum absolute atomic E-state index is 0.0981. The Balaban J connectivity index is 2.36. The molecule has 0 aliphatic heterocycles. The first-order valence-electron chi connectivity index (χ1n) is 6.48. The number of methoxy groups -OCH3 is 1. The van der Waals surface area contributed by atoms with Crippen LogP contribution in [0.2, 0.25) is 0 Å². The molecule has 19 heavy (non-hydrogen) atoms. The lowest BCUT2D eigenvalue weighted by Gasteiger charge is -2.24. The molecule has 1 atom stereocenters. The Kier molecular flexibility index (Phi) is 4.08. The van der Waals surface area contributed by atoms with Gasteiger partial charge in [-0.1, -0.05) is 18.2 Å². The van der Waals surface area contributed by atoms with E-state index in [1.165, 1.54) is 0 Å². The maximum absolute atomic E-state index is 10.4. The van der Waals surface area contributed by atoms with Gasteiger partial charge in [0.15, 0.2) is 0 Å². The average molecular weight is 260 g/mol. The lowest BCUT2D eigenvalue weighted by molar-refractivity contribution is 0.0405. The number of ether oxygens (including phenoxy) is 1. The van der Waals surface area contributed by atoms with Crippen molar-refractivity contribution >= 4 is 10.8 Å². The molecule has 0 saturated carbocycles. The predicted octanol–water partition coefficient (Wildman–Crippen LogP) is 2.83. The minimum Gasteiger partial charge on any atom is -0.497 e. The van der Waals surface area contributed by atoms with Crippen LogP contribution in [0.4, 0.5) is 0 Å². The van der Waals surface area contributed by atoms with Gasteiger partial charge in [-0.05, 0) is 54.3 Å². The number of hydrogen-bond donors (Lipinski definition) is 2. The molecular formula is C16H20O3. The normalized spacial score (nSPS) is 14.3. The van der Waals surface area contributed by atoms with Crippen molar-refractivity contribution < 1.29 is 14.9 Å². The van der Waals surface area contributed by atoms with E-state index in [1.807, 2.05) is 36.4 Å². The number of fused-ring (bicyclic) bond motifs is 1. The van der Waals surface area contributed by atoms with Crippen molar-refractivity contribution in [3.05, 3.63) is 42.0 Å². The molecule has 0 aromatic heterocycles. The van der Waals surface area contributed by atoms with Gasteiger partial charge < -0.3 is 14.9 Å². The summed E-state index contributed by atoms with van der Waals surface area (Å²) in [5, 5.41) is 21.5. The average Bonchev–Trinajstić information content (AvgIpc) is 2.44. The van der Waals surface area contributed by atoms with Crippen molar-refractivity contribution in [1.82, 2.24) is 0 Å². The van der Waals surface area contributed by atoms with E-state index in [0.29, 0.717) is 12.8 Å². The van der Waals surface area contributed by atoms with Crippen molar-refractivity contribution in [1.29, 1.82) is 0 Å². The third-order valence-corrected chi connectivity index (χ3v) is 3.49. The highest BCUT2D eigenvalue weighted by atomic mass is 16.5. The second-order valence-electron chi connectivity index (χ2n) is 5.03. The Labute approximate surface area is 113 Å². The minimum atomic E-state index is -0.906. The second kappa shape index (κ2) is 5.59. The van der Waals surface area contributed by atoms with Crippen molar-refractivity contribution in [2.75, 3.05) is 13.7 Å². The molecule has 102 valence electrons. The summed E-state index contributed by atoms with van der Waals surface area (Å²) in [5.74, 6) is 0.826. The Morgan fingerprint density at radius 2 is 1.79 bits per heavy atom. The highest BCUT2D eigenvalue weighted by molar-refractivity contribution is 5.84. The number of aliphatic hydroxyl groups excluding tert-OH is 1. The van der Waals surface area contributed by atoms with Crippen LogP contribution in [0.15, 0.2) is 36.4 Å². The van der Waals surface area contributed by atoms with E-state index >= 15 is 0 Å². The topological polar surface area (TPSA) is 49.7 Å². The molecular weight excluding hydrogens is 240 g/mol. The summed E-state index contributed by atoms with van der Waals surface area (Å²) in [6.07, 6.45) is 1.14. The van der Waals surface area contributed by atoms with Gasteiger partial charge >= 0.3 is 0 Å². The van der Waals surface area contributed by atoms with Crippen LogP contribution in [-0.4, -0.2) is 23.9 Å². The van der Waals surface area contributed by atoms with Crippen molar-refractivity contribution in [2.24, 2.45) is 0 Å². The molecule has 0 heterocycles. The van der Waals surface area contributed by atoms with Gasteiger partial charge in [0, 0.05) is 6.61 Å². The molecule has 0 aliphatic carbocycles. The molecule has 0 amide bonds. The van der Waals surface area contributed by atoms with Crippen molar-refractivity contribution in [3.63, 3.8) is 0 Å². The number of rotatable bonds is 5. The van der Waals surface area contributed by atoms with Gasteiger partial charge in [0.05, 0.1) is 12.7 Å². The van der Waals surface area contributed by atoms with Gasteiger partial charge in [0.25, 0.3) is 0 Å². The molecule has 3 heteroatoms.